The molecule has 0 aromatic heterocycles. The molecule has 0 amide bonds. The van der Waals surface area contributed by atoms with Crippen LogP contribution in [0.4, 0.5) is 0 Å². The summed E-state index contributed by atoms with van der Waals surface area (Å²) >= 11 is 11.9. The van der Waals surface area contributed by atoms with E-state index in [0.29, 0.717) is 16.1 Å². The maximum atomic E-state index is 9.22. The lowest BCUT2D eigenvalue weighted by Gasteiger charge is -2.17. The Bertz CT molecular complexity index is 413. The van der Waals surface area contributed by atoms with Gasteiger partial charge in [-0.05, 0) is 36.6 Å². The molecule has 17 heavy (non-hydrogen) atoms. The first-order chi connectivity index (χ1) is 8.19. The minimum Gasteiger partial charge on any atom is -0.295 e. The summed E-state index contributed by atoms with van der Waals surface area (Å²) in [5.41, 5.74) is 0.844. The number of rotatable bonds is 3. The van der Waals surface area contributed by atoms with Crippen molar-refractivity contribution in [2.45, 2.75) is 37.8 Å². The standard InChI is InChI=1S/C13H14Cl2N2/c14-10-5-9(6-11(15)7-10)13(8-16)17-12-3-1-2-4-12/h5-7,12-13,17H,1-4H2. The van der Waals surface area contributed by atoms with Gasteiger partial charge in [-0.25, -0.2) is 0 Å². The van der Waals surface area contributed by atoms with Gasteiger partial charge >= 0.3 is 0 Å². The van der Waals surface area contributed by atoms with E-state index in [1.54, 1.807) is 18.2 Å². The molecule has 1 saturated carbocycles. The molecular weight excluding hydrogens is 255 g/mol. The van der Waals surface area contributed by atoms with E-state index in [2.05, 4.69) is 11.4 Å². The summed E-state index contributed by atoms with van der Waals surface area (Å²) in [6.45, 7) is 0. The fraction of sp³-hybridized carbons (Fsp3) is 0.462. The van der Waals surface area contributed by atoms with Gasteiger partial charge in [-0.15, -0.1) is 0 Å². The van der Waals surface area contributed by atoms with E-state index in [9.17, 15) is 5.26 Å². The molecule has 1 aromatic carbocycles. The number of nitrogens with zero attached hydrogens (tertiary/aromatic N) is 1. The zero-order chi connectivity index (χ0) is 12.3. The van der Waals surface area contributed by atoms with Crippen molar-refractivity contribution < 1.29 is 0 Å². The predicted molar refractivity (Wildman–Crippen MR) is 70.2 cm³/mol. The average molecular weight is 269 g/mol. The van der Waals surface area contributed by atoms with Crippen LogP contribution in [0.25, 0.3) is 0 Å². The van der Waals surface area contributed by atoms with Crippen molar-refractivity contribution in [3.8, 4) is 6.07 Å². The van der Waals surface area contributed by atoms with E-state index in [0.717, 1.165) is 18.4 Å². The molecule has 2 rings (SSSR count). The van der Waals surface area contributed by atoms with Gasteiger partial charge in [0.25, 0.3) is 0 Å². The van der Waals surface area contributed by atoms with E-state index >= 15 is 0 Å². The summed E-state index contributed by atoms with van der Waals surface area (Å²) < 4.78 is 0. The molecule has 1 fully saturated rings. The van der Waals surface area contributed by atoms with Gasteiger partial charge in [-0.1, -0.05) is 36.0 Å². The van der Waals surface area contributed by atoms with E-state index < -0.39 is 0 Å². The topological polar surface area (TPSA) is 35.8 Å². The highest BCUT2D eigenvalue weighted by atomic mass is 35.5. The second-order valence-corrected chi connectivity index (χ2v) is 5.29. The summed E-state index contributed by atoms with van der Waals surface area (Å²) in [6.07, 6.45) is 4.77. The lowest BCUT2D eigenvalue weighted by Crippen LogP contribution is -2.29. The van der Waals surface area contributed by atoms with Gasteiger partial charge in [0, 0.05) is 16.1 Å². The largest absolute Gasteiger partial charge is 0.295 e. The van der Waals surface area contributed by atoms with Crippen LogP contribution in [-0.2, 0) is 0 Å². The van der Waals surface area contributed by atoms with Crippen LogP contribution < -0.4 is 5.32 Å². The summed E-state index contributed by atoms with van der Waals surface area (Å²) in [6, 6.07) is 7.66. The van der Waals surface area contributed by atoms with Crippen molar-refractivity contribution in [3.63, 3.8) is 0 Å². The number of nitriles is 1. The third-order valence-corrected chi connectivity index (χ3v) is 3.54. The Morgan fingerprint density at radius 2 is 1.76 bits per heavy atom. The summed E-state index contributed by atoms with van der Waals surface area (Å²) in [4.78, 5) is 0. The molecule has 0 radical (unpaired) electrons. The normalized spacial score (nSPS) is 17.9. The van der Waals surface area contributed by atoms with Gasteiger partial charge in [0.15, 0.2) is 0 Å². The van der Waals surface area contributed by atoms with Crippen molar-refractivity contribution in [2.75, 3.05) is 0 Å². The summed E-state index contributed by atoms with van der Waals surface area (Å²) in [5, 5.41) is 13.7. The minimum absolute atomic E-state index is 0.325. The predicted octanol–water partition coefficient (Wildman–Crippen LogP) is 4.09. The average Bonchev–Trinajstić information content (AvgIpc) is 2.77. The molecule has 0 heterocycles. The molecule has 4 heteroatoms. The van der Waals surface area contributed by atoms with Crippen LogP contribution >= 0.6 is 23.2 Å². The van der Waals surface area contributed by atoms with Crippen molar-refractivity contribution in [1.82, 2.24) is 5.32 Å². The van der Waals surface area contributed by atoms with Gasteiger partial charge in [-0.2, -0.15) is 5.26 Å². The Kier molecular flexibility index (Phi) is 4.28. The minimum atomic E-state index is -0.325. The lowest BCUT2D eigenvalue weighted by atomic mass is 10.1. The van der Waals surface area contributed by atoms with Crippen LogP contribution in [0.3, 0.4) is 0 Å². The van der Waals surface area contributed by atoms with Gasteiger partial charge in [0.2, 0.25) is 0 Å². The van der Waals surface area contributed by atoms with Crippen LogP contribution in [0.15, 0.2) is 18.2 Å². The Labute approximate surface area is 112 Å². The zero-order valence-electron chi connectivity index (χ0n) is 9.42. The summed E-state index contributed by atoms with van der Waals surface area (Å²) in [7, 11) is 0. The van der Waals surface area contributed by atoms with Crippen molar-refractivity contribution in [2.24, 2.45) is 0 Å². The first-order valence-corrected chi connectivity index (χ1v) is 6.56. The van der Waals surface area contributed by atoms with Gasteiger partial charge < -0.3 is 0 Å². The third kappa shape index (κ3) is 3.35. The fourth-order valence-electron chi connectivity index (χ4n) is 2.28. The molecule has 1 aliphatic rings. The Morgan fingerprint density at radius 1 is 1.18 bits per heavy atom. The molecule has 2 nitrogen and oxygen atoms in total. The first kappa shape index (κ1) is 12.7. The van der Waals surface area contributed by atoms with Crippen molar-refractivity contribution >= 4 is 23.2 Å². The van der Waals surface area contributed by atoms with E-state index in [4.69, 9.17) is 23.2 Å². The zero-order valence-corrected chi connectivity index (χ0v) is 10.9. The second kappa shape index (κ2) is 5.73. The summed E-state index contributed by atoms with van der Waals surface area (Å²) in [5.74, 6) is 0. The number of hydrogen-bond acceptors (Lipinski definition) is 2. The smallest absolute Gasteiger partial charge is 0.121 e. The molecule has 1 unspecified atom stereocenters. The van der Waals surface area contributed by atoms with Gasteiger partial charge in [0.1, 0.15) is 6.04 Å². The number of benzene rings is 1. The van der Waals surface area contributed by atoms with Crippen LogP contribution in [0.5, 0.6) is 0 Å². The van der Waals surface area contributed by atoms with E-state index in [-0.39, 0.29) is 6.04 Å². The highest BCUT2D eigenvalue weighted by Crippen LogP contribution is 2.26. The Balaban J connectivity index is 2.14. The van der Waals surface area contributed by atoms with Crippen molar-refractivity contribution in [1.29, 1.82) is 5.26 Å². The molecule has 1 N–H and O–H groups in total. The Morgan fingerprint density at radius 3 is 2.29 bits per heavy atom. The van der Waals surface area contributed by atoms with Gasteiger partial charge in [0.05, 0.1) is 6.07 Å². The quantitative estimate of drug-likeness (QED) is 0.897. The number of hydrogen-bond donors (Lipinski definition) is 1. The van der Waals surface area contributed by atoms with Crippen LogP contribution in [0.1, 0.15) is 37.3 Å². The molecule has 0 aliphatic heterocycles. The van der Waals surface area contributed by atoms with E-state index in [1.165, 1.54) is 12.8 Å². The molecule has 0 bridgehead atoms. The third-order valence-electron chi connectivity index (χ3n) is 3.10. The Hall–Kier alpha value is -0.750. The maximum Gasteiger partial charge on any atom is 0.121 e. The number of halogens is 2. The van der Waals surface area contributed by atoms with Crippen LogP contribution in [0.2, 0.25) is 10.0 Å². The first-order valence-electron chi connectivity index (χ1n) is 5.80. The van der Waals surface area contributed by atoms with E-state index in [1.807, 2.05) is 0 Å². The second-order valence-electron chi connectivity index (χ2n) is 4.41. The molecule has 1 aliphatic carbocycles. The molecule has 0 saturated heterocycles. The SMILES string of the molecule is N#CC(NC1CCCC1)c1cc(Cl)cc(Cl)c1. The van der Waals surface area contributed by atoms with Crippen LogP contribution in [-0.4, -0.2) is 6.04 Å². The maximum absolute atomic E-state index is 9.22. The monoisotopic (exact) mass is 268 g/mol. The highest BCUT2D eigenvalue weighted by molar-refractivity contribution is 6.34. The molecule has 0 spiro atoms. The molecule has 1 aromatic rings. The number of nitrogens with one attached hydrogen (secondary N) is 1. The molecular formula is C13H14Cl2N2. The van der Waals surface area contributed by atoms with Crippen molar-refractivity contribution in [3.05, 3.63) is 33.8 Å². The lowest BCUT2D eigenvalue weighted by molar-refractivity contribution is 0.492. The molecule has 1 atom stereocenters. The molecule has 90 valence electrons. The highest BCUT2D eigenvalue weighted by Gasteiger charge is 2.20. The van der Waals surface area contributed by atoms with Gasteiger partial charge in [-0.3, -0.25) is 5.32 Å². The fourth-order valence-corrected chi connectivity index (χ4v) is 2.82. The van der Waals surface area contributed by atoms with Crippen LogP contribution in [0, 0.1) is 11.3 Å².